The van der Waals surface area contributed by atoms with E-state index in [-0.39, 0.29) is 35.6 Å². The molecule has 3 aromatic carbocycles. The molecule has 34 heavy (non-hydrogen) atoms. The van der Waals surface area contributed by atoms with Crippen LogP contribution in [0.2, 0.25) is 0 Å². The Balaban J connectivity index is 0.00000289. The third-order valence-electron chi connectivity index (χ3n) is 4.91. The molecule has 0 aliphatic heterocycles. The van der Waals surface area contributed by atoms with Crippen LogP contribution < -0.4 is 15.8 Å². The van der Waals surface area contributed by atoms with Gasteiger partial charge in [0.05, 0.1) is 10.6 Å². The van der Waals surface area contributed by atoms with Crippen LogP contribution in [-0.2, 0) is 10.0 Å². The number of aryl methyl sites for hydroxylation is 1. The van der Waals surface area contributed by atoms with Gasteiger partial charge < -0.3 is 16.0 Å². The second-order valence-corrected chi connectivity index (χ2v) is 9.31. The Bertz CT molecular complexity index is 1230. The van der Waals surface area contributed by atoms with E-state index in [4.69, 9.17) is 5.73 Å². The fourth-order valence-corrected chi connectivity index (χ4v) is 4.60. The smallest absolute Gasteiger partial charge is 0.262 e. The number of benzene rings is 3. The molecule has 4 N–H and O–H groups in total. The van der Waals surface area contributed by atoms with Crippen molar-refractivity contribution in [1.29, 1.82) is 0 Å². The van der Waals surface area contributed by atoms with Crippen LogP contribution in [0.4, 0.5) is 11.4 Å². The fourth-order valence-electron chi connectivity index (χ4n) is 3.28. The minimum absolute atomic E-state index is 0. The number of amides is 1. The second kappa shape index (κ2) is 12.6. The largest absolute Gasteiger partial charge is 0.384 e. The molecule has 0 spiro atoms. The average molecular weight is 526 g/mol. The number of carbonyl (C=O) groups is 1. The normalized spacial score (nSPS) is 10.5. The molecule has 184 valence electrons. The Labute approximate surface area is 213 Å². The predicted molar refractivity (Wildman–Crippen MR) is 144 cm³/mol. The van der Waals surface area contributed by atoms with Crippen molar-refractivity contribution in [1.82, 2.24) is 4.90 Å². The molecule has 1 amide bonds. The van der Waals surface area contributed by atoms with Gasteiger partial charge in [-0.25, -0.2) is 8.42 Å². The van der Waals surface area contributed by atoms with E-state index in [2.05, 4.69) is 10.0 Å². The lowest BCUT2D eigenvalue weighted by molar-refractivity contribution is 0.0827. The first kappa shape index (κ1) is 29.3. The third kappa shape index (κ3) is 7.11. The highest BCUT2D eigenvalue weighted by Crippen LogP contribution is 2.28. The molecule has 0 unspecified atom stereocenters. The highest BCUT2D eigenvalue weighted by Gasteiger charge is 2.19. The molecular weight excluding hydrogens is 495 g/mol. The molecule has 0 bridgehead atoms. The lowest BCUT2D eigenvalue weighted by Gasteiger charge is -2.14. The summed E-state index contributed by atoms with van der Waals surface area (Å²) in [4.78, 5) is 14.0. The molecule has 3 aromatic rings. The van der Waals surface area contributed by atoms with Crippen LogP contribution in [0.15, 0.2) is 71.6 Å². The van der Waals surface area contributed by atoms with Crippen LogP contribution >= 0.6 is 24.8 Å². The van der Waals surface area contributed by atoms with Gasteiger partial charge in [-0.1, -0.05) is 30.3 Å². The maximum atomic E-state index is 13.2. The molecule has 0 heterocycles. The molecule has 7 nitrogen and oxygen atoms in total. The van der Waals surface area contributed by atoms with Crippen LogP contribution in [0, 0.1) is 6.92 Å². The lowest BCUT2D eigenvalue weighted by Crippen LogP contribution is -2.21. The number of hydrogen-bond donors (Lipinski definition) is 3. The molecule has 0 aliphatic carbocycles. The Morgan fingerprint density at radius 1 is 0.912 bits per heavy atom. The van der Waals surface area contributed by atoms with E-state index in [0.717, 1.165) is 11.3 Å². The van der Waals surface area contributed by atoms with Crippen LogP contribution in [-0.4, -0.2) is 46.4 Å². The third-order valence-corrected chi connectivity index (χ3v) is 6.44. The Hall–Kier alpha value is -2.78. The van der Waals surface area contributed by atoms with Crippen LogP contribution in [0.25, 0.3) is 11.1 Å². The summed E-state index contributed by atoms with van der Waals surface area (Å²) in [6.07, 6.45) is 0. The van der Waals surface area contributed by atoms with Crippen molar-refractivity contribution in [2.45, 2.75) is 11.8 Å². The monoisotopic (exact) mass is 524 g/mol. The van der Waals surface area contributed by atoms with Crippen LogP contribution in [0.3, 0.4) is 0 Å². The van der Waals surface area contributed by atoms with E-state index >= 15 is 0 Å². The number of carbonyl (C=O) groups excluding carboxylic acids is 1. The molecule has 0 fully saturated rings. The summed E-state index contributed by atoms with van der Waals surface area (Å²) in [7, 11) is -0.445. The van der Waals surface area contributed by atoms with E-state index in [1.807, 2.05) is 18.2 Å². The van der Waals surface area contributed by atoms with E-state index in [0.29, 0.717) is 35.5 Å². The number of hydrogen-bond acceptors (Lipinski definition) is 5. The molecular formula is C24H30Cl2N4O3S. The predicted octanol–water partition coefficient (Wildman–Crippen LogP) is 4.38. The first-order valence-electron chi connectivity index (χ1n) is 10.2. The molecule has 0 atom stereocenters. The van der Waals surface area contributed by atoms with Crippen LogP contribution in [0.1, 0.15) is 15.9 Å². The number of nitrogens with two attached hydrogens (primary N) is 1. The molecule has 0 saturated carbocycles. The molecule has 0 aromatic heterocycles. The Morgan fingerprint density at radius 3 is 2.24 bits per heavy atom. The van der Waals surface area contributed by atoms with Gasteiger partial charge in [0.2, 0.25) is 0 Å². The quantitative estimate of drug-likeness (QED) is 0.405. The average Bonchev–Trinajstić information content (AvgIpc) is 2.77. The van der Waals surface area contributed by atoms with Crippen LogP contribution in [0.5, 0.6) is 0 Å². The van der Waals surface area contributed by atoms with Gasteiger partial charge in [0, 0.05) is 38.4 Å². The van der Waals surface area contributed by atoms with Gasteiger partial charge in [0.15, 0.2) is 0 Å². The fraction of sp³-hybridized carbons (Fsp3) is 0.208. The van der Waals surface area contributed by atoms with Crippen molar-refractivity contribution in [3.63, 3.8) is 0 Å². The van der Waals surface area contributed by atoms with Crippen molar-refractivity contribution in [2.75, 3.05) is 37.2 Å². The topological polar surface area (TPSA) is 105 Å². The number of sulfonamides is 1. The van der Waals surface area contributed by atoms with E-state index in [1.165, 1.54) is 4.90 Å². The standard InChI is InChI=1S/C24H28N4O3S.2ClH/c1-17-10-11-19(18-6-4-7-20(14-18)24(29)28(2)3)15-23(17)32(30,31)27-22-9-5-8-21(16-22)26-13-12-25;;/h4-11,14-16,26-27H,12-13,25H2,1-3H3;2*1H. The summed E-state index contributed by atoms with van der Waals surface area (Å²) in [5.41, 5.74) is 9.39. The van der Waals surface area contributed by atoms with Gasteiger partial charge in [-0.15, -0.1) is 24.8 Å². The van der Waals surface area contributed by atoms with Gasteiger partial charge >= 0.3 is 0 Å². The summed E-state index contributed by atoms with van der Waals surface area (Å²) in [5, 5.41) is 3.13. The SMILES string of the molecule is Cc1ccc(-c2cccc(C(=O)N(C)C)c2)cc1S(=O)(=O)Nc1cccc(NCCN)c1.Cl.Cl. The number of rotatable bonds is 8. The minimum Gasteiger partial charge on any atom is -0.384 e. The van der Waals surface area contributed by atoms with Gasteiger partial charge in [-0.05, 0) is 60.0 Å². The maximum Gasteiger partial charge on any atom is 0.262 e. The van der Waals surface area contributed by atoms with Crippen molar-refractivity contribution in [3.8, 4) is 11.1 Å². The van der Waals surface area contributed by atoms with Crippen molar-refractivity contribution >= 4 is 52.1 Å². The van der Waals surface area contributed by atoms with E-state index in [9.17, 15) is 13.2 Å². The zero-order valence-corrected chi connectivity index (χ0v) is 21.7. The Kier molecular flexibility index (Phi) is 10.9. The molecule has 3 rings (SSSR count). The zero-order chi connectivity index (χ0) is 23.3. The molecule has 0 aliphatic rings. The van der Waals surface area contributed by atoms with E-state index in [1.54, 1.807) is 69.6 Å². The summed E-state index contributed by atoms with van der Waals surface area (Å²) in [6.45, 7) is 2.82. The molecule has 0 radical (unpaired) electrons. The van der Waals surface area contributed by atoms with Crippen molar-refractivity contribution in [2.24, 2.45) is 5.73 Å². The van der Waals surface area contributed by atoms with E-state index < -0.39 is 10.0 Å². The highest BCUT2D eigenvalue weighted by atomic mass is 35.5. The summed E-state index contributed by atoms with van der Waals surface area (Å²) in [5.74, 6) is -0.114. The maximum absolute atomic E-state index is 13.2. The molecule has 0 saturated heterocycles. The number of nitrogens with one attached hydrogen (secondary N) is 2. The van der Waals surface area contributed by atoms with Crippen molar-refractivity contribution in [3.05, 3.63) is 77.9 Å². The zero-order valence-electron chi connectivity index (χ0n) is 19.2. The Morgan fingerprint density at radius 2 is 1.56 bits per heavy atom. The summed E-state index contributed by atoms with van der Waals surface area (Å²) < 4.78 is 29.0. The van der Waals surface area contributed by atoms with Gasteiger partial charge in [-0.3, -0.25) is 9.52 Å². The second-order valence-electron chi connectivity index (χ2n) is 7.66. The highest BCUT2D eigenvalue weighted by molar-refractivity contribution is 7.92. The first-order chi connectivity index (χ1) is 15.2. The van der Waals surface area contributed by atoms with Gasteiger partial charge in [-0.2, -0.15) is 0 Å². The molecule has 10 heteroatoms. The summed E-state index contributed by atoms with van der Waals surface area (Å²) in [6, 6.07) is 19.4. The first-order valence-corrected chi connectivity index (χ1v) is 11.7. The number of halogens is 2. The lowest BCUT2D eigenvalue weighted by atomic mass is 10.0. The number of nitrogens with zero attached hydrogens (tertiary/aromatic N) is 1. The summed E-state index contributed by atoms with van der Waals surface area (Å²) >= 11 is 0. The minimum atomic E-state index is -3.83. The van der Waals surface area contributed by atoms with Gasteiger partial charge in [0.1, 0.15) is 0 Å². The number of anilines is 2. The van der Waals surface area contributed by atoms with Crippen molar-refractivity contribution < 1.29 is 13.2 Å². The van der Waals surface area contributed by atoms with Gasteiger partial charge in [0.25, 0.3) is 15.9 Å².